The van der Waals surface area contributed by atoms with Crippen LogP contribution in [0.3, 0.4) is 0 Å². The van der Waals surface area contributed by atoms with Crippen LogP contribution >= 0.6 is 0 Å². The minimum Gasteiger partial charge on any atom is -0.311 e. The predicted octanol–water partition coefficient (Wildman–Crippen LogP) is 1.59. The van der Waals surface area contributed by atoms with E-state index in [0.717, 1.165) is 47.9 Å². The first-order valence-corrected chi connectivity index (χ1v) is 9.76. The zero-order valence-corrected chi connectivity index (χ0v) is 15.7. The Morgan fingerprint density at radius 3 is 2.68 bits per heavy atom. The number of anilines is 1. The van der Waals surface area contributed by atoms with Gasteiger partial charge in [-0.2, -0.15) is 5.26 Å². The zero-order chi connectivity index (χ0) is 19.7. The predicted molar refractivity (Wildman–Crippen MR) is 104 cm³/mol. The van der Waals surface area contributed by atoms with E-state index in [1.807, 2.05) is 30.3 Å². The van der Waals surface area contributed by atoms with Crippen LogP contribution in [0, 0.1) is 11.3 Å². The van der Waals surface area contributed by atoms with E-state index < -0.39 is 11.2 Å². The first-order valence-electron chi connectivity index (χ1n) is 9.76. The van der Waals surface area contributed by atoms with Crippen LogP contribution in [-0.2, 0) is 30.7 Å². The maximum absolute atomic E-state index is 13.0. The van der Waals surface area contributed by atoms with Gasteiger partial charge in [0.25, 0.3) is 5.56 Å². The lowest BCUT2D eigenvalue weighted by Gasteiger charge is -2.29. The number of amides is 1. The number of aryl methyl sites for hydroxylation is 1. The second-order valence-electron chi connectivity index (χ2n) is 7.35. The monoisotopic (exact) mass is 378 g/mol. The van der Waals surface area contributed by atoms with Crippen molar-refractivity contribution in [1.29, 1.82) is 5.26 Å². The second kappa shape index (κ2) is 7.47. The number of hydrogen-bond acceptors (Lipinski definition) is 4. The van der Waals surface area contributed by atoms with E-state index in [1.165, 1.54) is 4.57 Å². The average Bonchev–Trinajstić information content (AvgIpc) is 2.97. The van der Waals surface area contributed by atoms with Gasteiger partial charge in [0.15, 0.2) is 0 Å². The number of aromatic nitrogens is 2. The molecule has 0 saturated heterocycles. The maximum Gasteiger partial charge on any atom is 0.331 e. The summed E-state index contributed by atoms with van der Waals surface area (Å²) in [6.07, 6.45) is 4.90. The van der Waals surface area contributed by atoms with Gasteiger partial charge in [-0.05, 0) is 43.7 Å². The van der Waals surface area contributed by atoms with Crippen LogP contribution in [0.15, 0.2) is 33.9 Å². The molecule has 28 heavy (non-hydrogen) atoms. The first kappa shape index (κ1) is 18.2. The van der Waals surface area contributed by atoms with Crippen molar-refractivity contribution in [3.8, 4) is 6.07 Å². The fraction of sp³-hybridized carbons (Fsp3) is 0.429. The molecule has 1 aromatic heterocycles. The van der Waals surface area contributed by atoms with Gasteiger partial charge < -0.3 is 4.90 Å². The lowest BCUT2D eigenvalue weighted by molar-refractivity contribution is -0.119. The lowest BCUT2D eigenvalue weighted by Crippen LogP contribution is -2.47. The Kier molecular flexibility index (Phi) is 4.86. The number of fused-ring (bicyclic) bond motifs is 2. The smallest absolute Gasteiger partial charge is 0.311 e. The number of hydrogen-bond donors (Lipinski definition) is 0. The molecule has 2 aliphatic heterocycles. The van der Waals surface area contributed by atoms with Gasteiger partial charge in [0.1, 0.15) is 18.2 Å². The molecule has 2 aliphatic rings. The van der Waals surface area contributed by atoms with Gasteiger partial charge in [-0.1, -0.05) is 24.6 Å². The molecular weight excluding hydrogens is 356 g/mol. The molecule has 1 aromatic carbocycles. The van der Waals surface area contributed by atoms with Gasteiger partial charge in [-0.15, -0.1) is 0 Å². The maximum atomic E-state index is 13.0. The van der Waals surface area contributed by atoms with Crippen LogP contribution in [-0.4, -0.2) is 21.6 Å². The molecule has 0 spiro atoms. The molecule has 0 atom stereocenters. The Morgan fingerprint density at radius 1 is 1.04 bits per heavy atom. The molecule has 0 N–H and O–H groups in total. The van der Waals surface area contributed by atoms with Crippen LogP contribution in [0.25, 0.3) is 0 Å². The highest BCUT2D eigenvalue weighted by atomic mass is 16.2. The first-order chi connectivity index (χ1) is 13.6. The van der Waals surface area contributed by atoms with Gasteiger partial charge in [0.05, 0.1) is 0 Å². The largest absolute Gasteiger partial charge is 0.331 e. The van der Waals surface area contributed by atoms with Gasteiger partial charge >= 0.3 is 5.69 Å². The average molecular weight is 378 g/mol. The molecule has 144 valence electrons. The topological polar surface area (TPSA) is 88.1 Å². The Balaban J connectivity index is 1.74. The summed E-state index contributed by atoms with van der Waals surface area (Å²) in [5.41, 5.74) is 1.29. The van der Waals surface area contributed by atoms with E-state index in [2.05, 4.69) is 0 Å². The highest BCUT2D eigenvalue weighted by molar-refractivity contribution is 5.94. The van der Waals surface area contributed by atoms with E-state index in [9.17, 15) is 19.6 Å². The Bertz CT molecular complexity index is 1090. The molecule has 1 amide bonds. The van der Waals surface area contributed by atoms with Crippen molar-refractivity contribution in [2.45, 2.75) is 51.6 Å². The number of nitrogens with zero attached hydrogens (tertiary/aromatic N) is 4. The fourth-order valence-electron chi connectivity index (χ4n) is 4.24. The van der Waals surface area contributed by atoms with Crippen LogP contribution in [0.1, 0.15) is 42.5 Å². The number of carbonyl (C=O) groups excluding carboxylic acids is 1. The highest BCUT2D eigenvalue weighted by Crippen LogP contribution is 2.26. The molecule has 0 unspecified atom stereocenters. The molecule has 4 rings (SSSR count). The summed E-state index contributed by atoms with van der Waals surface area (Å²) in [5.74, 6) is -0.301. The van der Waals surface area contributed by atoms with Crippen molar-refractivity contribution in [2.24, 2.45) is 0 Å². The summed E-state index contributed by atoms with van der Waals surface area (Å²) in [5, 5.41) is 9.52. The van der Waals surface area contributed by atoms with Crippen molar-refractivity contribution in [3.05, 3.63) is 61.9 Å². The molecule has 0 radical (unpaired) electrons. The summed E-state index contributed by atoms with van der Waals surface area (Å²) >= 11 is 0. The van der Waals surface area contributed by atoms with E-state index >= 15 is 0 Å². The molecule has 0 fully saturated rings. The van der Waals surface area contributed by atoms with E-state index in [4.69, 9.17) is 0 Å². The van der Waals surface area contributed by atoms with E-state index in [0.29, 0.717) is 25.2 Å². The van der Waals surface area contributed by atoms with Crippen molar-refractivity contribution in [3.63, 3.8) is 0 Å². The van der Waals surface area contributed by atoms with Crippen LogP contribution < -0.4 is 16.1 Å². The third-order valence-corrected chi connectivity index (χ3v) is 5.65. The molecular formula is C21H22N4O3. The number of para-hydroxylation sites is 1. The van der Waals surface area contributed by atoms with Gasteiger partial charge in [-0.3, -0.25) is 14.2 Å². The highest BCUT2D eigenvalue weighted by Gasteiger charge is 2.26. The van der Waals surface area contributed by atoms with Gasteiger partial charge in [-0.25, -0.2) is 9.36 Å². The molecule has 7 nitrogen and oxygen atoms in total. The van der Waals surface area contributed by atoms with Gasteiger partial charge in [0, 0.05) is 24.5 Å². The quantitative estimate of drug-likeness (QED) is 0.794. The third-order valence-electron chi connectivity index (χ3n) is 5.65. The minimum atomic E-state index is -0.653. The van der Waals surface area contributed by atoms with E-state index in [-0.39, 0.29) is 18.0 Å². The number of benzene rings is 1. The normalized spacial score (nSPS) is 15.9. The van der Waals surface area contributed by atoms with Crippen molar-refractivity contribution >= 4 is 11.6 Å². The second-order valence-corrected chi connectivity index (χ2v) is 7.35. The van der Waals surface area contributed by atoms with E-state index in [1.54, 1.807) is 4.90 Å². The number of carbonyl (C=O) groups is 1. The molecule has 7 heteroatoms. The van der Waals surface area contributed by atoms with Crippen LogP contribution in [0.5, 0.6) is 0 Å². The van der Waals surface area contributed by atoms with Crippen LogP contribution in [0.2, 0.25) is 0 Å². The van der Waals surface area contributed by atoms with Gasteiger partial charge in [0.2, 0.25) is 5.91 Å². The zero-order valence-electron chi connectivity index (χ0n) is 15.7. The third kappa shape index (κ3) is 3.05. The summed E-state index contributed by atoms with van der Waals surface area (Å²) in [7, 11) is 0. The standard InChI is InChI=1S/C21H22N4O3/c22-13-16-18-10-2-1-5-11-24(18)21(28)25(20(16)27)14-19(26)23-12-6-8-15-7-3-4-9-17(15)23/h3-4,7,9H,1-2,5-6,8,10-12,14H2. The number of nitriles is 1. The minimum absolute atomic E-state index is 0.00616. The van der Waals surface area contributed by atoms with Crippen LogP contribution in [0.4, 0.5) is 5.69 Å². The molecule has 0 saturated carbocycles. The molecule has 0 aliphatic carbocycles. The fourth-order valence-corrected chi connectivity index (χ4v) is 4.24. The lowest BCUT2D eigenvalue weighted by atomic mass is 10.0. The Hall–Kier alpha value is -3.14. The molecule has 0 bridgehead atoms. The molecule has 2 aromatic rings. The van der Waals surface area contributed by atoms with Crippen molar-refractivity contribution < 1.29 is 4.79 Å². The molecule has 3 heterocycles. The van der Waals surface area contributed by atoms with Crippen molar-refractivity contribution in [2.75, 3.05) is 11.4 Å². The number of rotatable bonds is 2. The summed E-state index contributed by atoms with van der Waals surface area (Å²) in [4.78, 5) is 40.4. The summed E-state index contributed by atoms with van der Waals surface area (Å²) in [6, 6.07) is 9.67. The summed E-state index contributed by atoms with van der Waals surface area (Å²) in [6.45, 7) is 0.687. The SMILES string of the molecule is N#Cc1c2n(c(=O)n(CC(=O)N3CCCc4ccccc43)c1=O)CCCCC2. The summed E-state index contributed by atoms with van der Waals surface area (Å²) < 4.78 is 2.46. The van der Waals surface area contributed by atoms with Crippen molar-refractivity contribution in [1.82, 2.24) is 9.13 Å². The Morgan fingerprint density at radius 2 is 1.86 bits per heavy atom. The Labute approximate surface area is 162 Å².